The van der Waals surface area contributed by atoms with Gasteiger partial charge in [0.15, 0.2) is 5.43 Å². The van der Waals surface area contributed by atoms with E-state index >= 15 is 0 Å². The number of hydrogen-bond donors (Lipinski definition) is 1. The van der Waals surface area contributed by atoms with Gasteiger partial charge in [-0.15, -0.1) is 0 Å². The van der Waals surface area contributed by atoms with Crippen LogP contribution in [0.3, 0.4) is 0 Å². The Morgan fingerprint density at radius 2 is 1.85 bits per heavy atom. The first kappa shape index (κ1) is 16.9. The Labute approximate surface area is 154 Å². The summed E-state index contributed by atoms with van der Waals surface area (Å²) in [5.41, 5.74) is 2.71. The predicted octanol–water partition coefficient (Wildman–Crippen LogP) is 3.34. The molecule has 2 aromatic heterocycles. The van der Waals surface area contributed by atoms with Gasteiger partial charge in [0, 0.05) is 41.3 Å². The molecule has 4 aromatic rings. The van der Waals surface area contributed by atoms with E-state index in [0.717, 1.165) is 16.5 Å². The number of fused-ring (bicyclic) bond motifs is 2. The first-order chi connectivity index (χ1) is 12.9. The van der Waals surface area contributed by atoms with Crippen LogP contribution in [0.4, 0.5) is 0 Å². The van der Waals surface area contributed by atoms with Crippen molar-refractivity contribution in [2.45, 2.75) is 12.8 Å². The maximum absolute atomic E-state index is 13.2. The van der Waals surface area contributed by atoms with Gasteiger partial charge >= 0.3 is 5.97 Å². The summed E-state index contributed by atoms with van der Waals surface area (Å²) in [6.45, 7) is 1.61. The highest BCUT2D eigenvalue weighted by Gasteiger charge is 2.15. The molecule has 1 atom stereocenters. The molecule has 0 fully saturated rings. The Balaban J connectivity index is 2.00. The summed E-state index contributed by atoms with van der Waals surface area (Å²) in [5, 5.41) is 15.2. The molecule has 0 bridgehead atoms. The van der Waals surface area contributed by atoms with Gasteiger partial charge in [-0.2, -0.15) is 5.10 Å². The lowest BCUT2D eigenvalue weighted by Gasteiger charge is -2.06. The van der Waals surface area contributed by atoms with Gasteiger partial charge in [0.25, 0.3) is 0 Å². The number of carbonyl (C=O) groups is 1. The topological polar surface area (TPSA) is 85.1 Å². The van der Waals surface area contributed by atoms with E-state index in [4.69, 9.17) is 0 Å². The van der Waals surface area contributed by atoms with Gasteiger partial charge in [-0.1, -0.05) is 18.2 Å². The average molecular weight is 359 g/mol. The molecule has 27 heavy (non-hydrogen) atoms. The number of hydrogen-bond acceptors (Lipinski definition) is 4. The molecule has 6 heteroatoms. The lowest BCUT2D eigenvalue weighted by atomic mass is 9.98. The molecule has 0 saturated heterocycles. The van der Waals surface area contributed by atoms with Gasteiger partial charge in [-0.3, -0.25) is 19.3 Å². The lowest BCUT2D eigenvalue weighted by molar-refractivity contribution is -0.138. The van der Waals surface area contributed by atoms with Gasteiger partial charge in [0.1, 0.15) is 0 Å². The van der Waals surface area contributed by atoms with Crippen LogP contribution < -0.4 is 5.43 Å². The van der Waals surface area contributed by atoms with Crippen molar-refractivity contribution in [2.24, 2.45) is 7.05 Å². The quantitative estimate of drug-likeness (QED) is 0.606. The Morgan fingerprint density at radius 3 is 2.56 bits per heavy atom. The van der Waals surface area contributed by atoms with Crippen molar-refractivity contribution in [2.75, 3.05) is 0 Å². The fraction of sp³-hybridized carbons (Fsp3) is 0.143. The number of carboxylic acids is 1. The Hall–Kier alpha value is -3.54. The van der Waals surface area contributed by atoms with Crippen LogP contribution >= 0.6 is 0 Å². The van der Waals surface area contributed by atoms with Crippen molar-refractivity contribution in [3.05, 3.63) is 70.8 Å². The number of aromatic nitrogens is 3. The van der Waals surface area contributed by atoms with Crippen LogP contribution in [-0.2, 0) is 11.8 Å². The van der Waals surface area contributed by atoms with Crippen molar-refractivity contribution >= 4 is 27.6 Å². The second-order valence-electron chi connectivity index (χ2n) is 6.63. The summed E-state index contributed by atoms with van der Waals surface area (Å²) in [4.78, 5) is 29.0. The molecule has 2 aromatic carbocycles. The van der Waals surface area contributed by atoms with E-state index in [2.05, 4.69) is 10.1 Å². The highest BCUT2D eigenvalue weighted by atomic mass is 16.4. The van der Waals surface area contributed by atoms with E-state index in [9.17, 15) is 14.7 Å². The van der Waals surface area contributed by atoms with Crippen molar-refractivity contribution < 1.29 is 9.90 Å². The van der Waals surface area contributed by atoms with Gasteiger partial charge in [-0.05, 0) is 36.1 Å². The summed E-state index contributed by atoms with van der Waals surface area (Å²) >= 11 is 0. The number of carboxylic acid groups (broad SMARTS) is 1. The minimum absolute atomic E-state index is 0.164. The van der Waals surface area contributed by atoms with Crippen molar-refractivity contribution in [3.8, 4) is 11.1 Å². The third-order valence-corrected chi connectivity index (χ3v) is 4.81. The average Bonchev–Trinajstić information content (AvgIpc) is 3.05. The largest absolute Gasteiger partial charge is 0.481 e. The summed E-state index contributed by atoms with van der Waals surface area (Å²) in [5.74, 6) is -1.61. The molecule has 0 amide bonds. The molecular formula is C21H17N3O3. The minimum atomic E-state index is -0.924. The standard InChI is InChI=1S/C21H17N3O3/c1-12(21(26)27)14-4-3-13-5-6-19-18(20(25)17(13)7-14)8-15(9-22-19)16-10-23-24(2)11-16/h3-12H,1-2H3,(H,26,27). The van der Waals surface area contributed by atoms with E-state index in [-0.39, 0.29) is 5.43 Å². The molecule has 0 radical (unpaired) electrons. The Morgan fingerprint density at radius 1 is 1.07 bits per heavy atom. The molecular weight excluding hydrogens is 342 g/mol. The molecule has 0 saturated carbocycles. The van der Waals surface area contributed by atoms with Crippen LogP contribution in [0.2, 0.25) is 0 Å². The number of rotatable bonds is 3. The number of nitrogens with zero attached hydrogens (tertiary/aromatic N) is 3. The molecule has 1 N–H and O–H groups in total. The van der Waals surface area contributed by atoms with E-state index < -0.39 is 11.9 Å². The zero-order valence-corrected chi connectivity index (χ0v) is 14.9. The second kappa shape index (κ2) is 6.32. The smallest absolute Gasteiger partial charge is 0.310 e. The Kier molecular flexibility index (Phi) is 3.96. The predicted molar refractivity (Wildman–Crippen MR) is 104 cm³/mol. The van der Waals surface area contributed by atoms with Gasteiger partial charge < -0.3 is 5.11 Å². The van der Waals surface area contributed by atoms with Crippen LogP contribution in [0.1, 0.15) is 18.4 Å². The molecule has 134 valence electrons. The normalized spacial score (nSPS) is 12.4. The zero-order valence-electron chi connectivity index (χ0n) is 14.9. The third-order valence-electron chi connectivity index (χ3n) is 4.81. The first-order valence-electron chi connectivity index (χ1n) is 8.52. The highest BCUT2D eigenvalue weighted by molar-refractivity contribution is 5.94. The number of pyridine rings is 1. The Bertz CT molecular complexity index is 1260. The fourth-order valence-corrected chi connectivity index (χ4v) is 3.16. The van der Waals surface area contributed by atoms with E-state index in [0.29, 0.717) is 21.9 Å². The zero-order chi connectivity index (χ0) is 19.1. The molecule has 0 spiro atoms. The maximum atomic E-state index is 13.2. The molecule has 4 rings (SSSR count). The summed E-state index contributed by atoms with van der Waals surface area (Å²) in [6.07, 6.45) is 5.31. The summed E-state index contributed by atoms with van der Waals surface area (Å²) in [6, 6.07) is 10.7. The van der Waals surface area contributed by atoms with Crippen molar-refractivity contribution in [1.82, 2.24) is 14.8 Å². The van der Waals surface area contributed by atoms with E-state index in [1.165, 1.54) is 0 Å². The molecule has 6 nitrogen and oxygen atoms in total. The summed E-state index contributed by atoms with van der Waals surface area (Å²) < 4.78 is 1.69. The number of benzene rings is 1. The molecule has 1 unspecified atom stereocenters. The molecule has 0 aliphatic carbocycles. The van der Waals surface area contributed by atoms with Crippen LogP contribution in [0, 0.1) is 0 Å². The van der Waals surface area contributed by atoms with Crippen molar-refractivity contribution in [3.63, 3.8) is 0 Å². The SMILES string of the molecule is CC(C(=O)O)c1ccc2ccc3ncc(-c4cnn(C)c4)cc3c(=O)c2c1. The van der Waals surface area contributed by atoms with Gasteiger partial charge in [0.2, 0.25) is 0 Å². The van der Waals surface area contributed by atoms with E-state index in [1.54, 1.807) is 42.2 Å². The molecule has 0 aliphatic heterocycles. The third kappa shape index (κ3) is 2.95. The minimum Gasteiger partial charge on any atom is -0.481 e. The molecule has 0 aliphatic rings. The fourth-order valence-electron chi connectivity index (χ4n) is 3.16. The first-order valence-corrected chi connectivity index (χ1v) is 8.52. The highest BCUT2D eigenvalue weighted by Crippen LogP contribution is 2.24. The monoisotopic (exact) mass is 359 g/mol. The van der Waals surface area contributed by atoms with Crippen LogP contribution in [0.15, 0.2) is 59.8 Å². The summed E-state index contributed by atoms with van der Waals surface area (Å²) in [7, 11) is 1.83. The maximum Gasteiger partial charge on any atom is 0.310 e. The van der Waals surface area contributed by atoms with Crippen LogP contribution in [0.5, 0.6) is 0 Å². The van der Waals surface area contributed by atoms with Crippen molar-refractivity contribution in [1.29, 1.82) is 0 Å². The van der Waals surface area contributed by atoms with Gasteiger partial charge in [0.05, 0.1) is 17.6 Å². The van der Waals surface area contributed by atoms with Crippen LogP contribution in [0.25, 0.3) is 32.8 Å². The van der Waals surface area contributed by atoms with E-state index in [1.807, 2.05) is 31.4 Å². The van der Waals surface area contributed by atoms with Gasteiger partial charge in [-0.25, -0.2) is 0 Å². The molecule has 2 heterocycles. The second-order valence-corrected chi connectivity index (χ2v) is 6.63. The lowest BCUT2D eigenvalue weighted by Crippen LogP contribution is -2.08. The number of aryl methyl sites for hydroxylation is 1. The van der Waals surface area contributed by atoms with Crippen LogP contribution in [-0.4, -0.2) is 25.8 Å². The number of aliphatic carboxylic acids is 1.